The standard InChI is InChI=1S/C28H25F7N2O2/c29-20-14-36(15-20)21-7-4-6-19(12-21)26(13-18-5-3-8-22(11-18)39-28(33,34)35)17-37(16-25(38)27(30,31)32)24-10-2-1-9-23(24)26/h1-12,20,25,38H,13-17H2/t25-,26?/m1/s1. The number of hydrogen-bond acceptors (Lipinski definition) is 4. The molecule has 0 radical (unpaired) electrons. The fraction of sp³-hybridized carbons (Fsp3) is 0.357. The van der Waals surface area contributed by atoms with E-state index in [1.807, 2.05) is 23.1 Å². The molecule has 2 atom stereocenters. The molecule has 11 heteroatoms. The van der Waals surface area contributed by atoms with Crippen LogP contribution < -0.4 is 14.5 Å². The summed E-state index contributed by atoms with van der Waals surface area (Å²) in [7, 11) is 0. The lowest BCUT2D eigenvalue weighted by molar-refractivity contribution is -0.274. The first-order valence-electron chi connectivity index (χ1n) is 12.3. The normalized spacial score (nSPS) is 20.5. The molecule has 39 heavy (non-hydrogen) atoms. The molecule has 1 fully saturated rings. The second-order valence-electron chi connectivity index (χ2n) is 9.96. The van der Waals surface area contributed by atoms with Gasteiger partial charge in [0, 0.05) is 23.3 Å². The molecule has 1 N–H and O–H groups in total. The molecular weight excluding hydrogens is 529 g/mol. The van der Waals surface area contributed by atoms with E-state index in [1.165, 1.54) is 23.1 Å². The first-order valence-corrected chi connectivity index (χ1v) is 12.3. The molecule has 0 spiro atoms. The molecule has 0 bridgehead atoms. The van der Waals surface area contributed by atoms with Gasteiger partial charge >= 0.3 is 12.5 Å². The highest BCUT2D eigenvalue weighted by Gasteiger charge is 2.47. The van der Waals surface area contributed by atoms with Gasteiger partial charge in [0.05, 0.1) is 19.6 Å². The summed E-state index contributed by atoms with van der Waals surface area (Å²) in [6, 6.07) is 19.6. The van der Waals surface area contributed by atoms with E-state index in [0.29, 0.717) is 22.4 Å². The number of aliphatic hydroxyl groups excluding tert-OH is 1. The van der Waals surface area contributed by atoms with Gasteiger partial charge in [-0.1, -0.05) is 42.5 Å². The van der Waals surface area contributed by atoms with Crippen molar-refractivity contribution in [3.8, 4) is 5.75 Å². The average Bonchev–Trinajstić information content (AvgIpc) is 3.15. The Kier molecular flexibility index (Phi) is 6.90. The monoisotopic (exact) mass is 554 g/mol. The maximum Gasteiger partial charge on any atom is 0.573 e. The van der Waals surface area contributed by atoms with Crippen molar-refractivity contribution in [3.05, 3.63) is 89.5 Å². The van der Waals surface area contributed by atoms with Crippen molar-refractivity contribution >= 4 is 11.4 Å². The van der Waals surface area contributed by atoms with Crippen molar-refractivity contribution in [2.24, 2.45) is 0 Å². The molecule has 2 heterocycles. The van der Waals surface area contributed by atoms with E-state index in [1.54, 1.807) is 36.4 Å². The Bertz CT molecular complexity index is 1320. The van der Waals surface area contributed by atoms with Crippen molar-refractivity contribution in [1.82, 2.24) is 0 Å². The summed E-state index contributed by atoms with van der Waals surface area (Å²) >= 11 is 0. The number of halogens is 7. The van der Waals surface area contributed by atoms with Crippen LogP contribution in [0.25, 0.3) is 0 Å². The van der Waals surface area contributed by atoms with Gasteiger partial charge in [-0.25, -0.2) is 4.39 Å². The van der Waals surface area contributed by atoms with Crippen molar-refractivity contribution in [2.45, 2.75) is 36.7 Å². The predicted molar refractivity (Wildman–Crippen MR) is 132 cm³/mol. The Labute approximate surface area is 220 Å². The lowest BCUT2D eigenvalue weighted by Gasteiger charge is -2.38. The fourth-order valence-electron chi connectivity index (χ4n) is 5.46. The van der Waals surface area contributed by atoms with E-state index in [4.69, 9.17) is 0 Å². The Morgan fingerprint density at radius 2 is 1.64 bits per heavy atom. The first kappa shape index (κ1) is 27.1. The number of para-hydroxylation sites is 1. The Morgan fingerprint density at radius 1 is 0.923 bits per heavy atom. The zero-order valence-corrected chi connectivity index (χ0v) is 20.5. The third kappa shape index (κ3) is 5.63. The molecule has 3 aromatic carbocycles. The summed E-state index contributed by atoms with van der Waals surface area (Å²) in [5.41, 5.74) is 2.09. The lowest BCUT2D eigenvalue weighted by atomic mass is 9.71. The van der Waals surface area contributed by atoms with Crippen LogP contribution in [0.4, 0.5) is 42.1 Å². The number of ether oxygens (including phenoxy) is 1. The Balaban J connectivity index is 1.59. The van der Waals surface area contributed by atoms with E-state index in [2.05, 4.69) is 4.74 Å². The number of nitrogens with zero attached hydrogens (tertiary/aromatic N) is 2. The van der Waals surface area contributed by atoms with E-state index < -0.39 is 42.5 Å². The highest BCUT2D eigenvalue weighted by atomic mass is 19.4. The molecule has 1 saturated heterocycles. The van der Waals surface area contributed by atoms with Crippen LogP contribution in [0.5, 0.6) is 5.75 Å². The molecule has 4 nitrogen and oxygen atoms in total. The van der Waals surface area contributed by atoms with Crippen LogP contribution in [0, 0.1) is 0 Å². The summed E-state index contributed by atoms with van der Waals surface area (Å²) in [6.45, 7) is -0.255. The number of hydrogen-bond donors (Lipinski definition) is 1. The topological polar surface area (TPSA) is 35.9 Å². The average molecular weight is 555 g/mol. The van der Waals surface area contributed by atoms with Crippen LogP contribution in [0.15, 0.2) is 72.8 Å². The smallest absolute Gasteiger partial charge is 0.406 e. The summed E-state index contributed by atoms with van der Waals surface area (Å²) in [6.07, 6.45) is -13.1. The number of rotatable bonds is 7. The van der Waals surface area contributed by atoms with E-state index >= 15 is 0 Å². The van der Waals surface area contributed by atoms with Gasteiger partial charge in [-0.2, -0.15) is 13.2 Å². The summed E-state index contributed by atoms with van der Waals surface area (Å²) in [5, 5.41) is 9.90. The lowest BCUT2D eigenvalue weighted by Crippen LogP contribution is -2.48. The van der Waals surface area contributed by atoms with Crippen LogP contribution >= 0.6 is 0 Å². The zero-order chi connectivity index (χ0) is 28.0. The Hall–Kier alpha value is -3.47. The van der Waals surface area contributed by atoms with Crippen LogP contribution in [-0.2, 0) is 11.8 Å². The van der Waals surface area contributed by atoms with Gasteiger partial charge in [0.2, 0.25) is 0 Å². The van der Waals surface area contributed by atoms with Crippen molar-refractivity contribution in [1.29, 1.82) is 0 Å². The Morgan fingerprint density at radius 3 is 2.33 bits per heavy atom. The van der Waals surface area contributed by atoms with Crippen LogP contribution in [-0.4, -0.2) is 56.1 Å². The van der Waals surface area contributed by atoms with Crippen LogP contribution in [0.3, 0.4) is 0 Å². The minimum atomic E-state index is -4.89. The van der Waals surface area contributed by atoms with E-state index in [9.17, 15) is 35.8 Å². The zero-order valence-electron chi connectivity index (χ0n) is 20.5. The molecule has 1 unspecified atom stereocenters. The number of aliphatic hydroxyl groups is 1. The second kappa shape index (κ2) is 9.93. The summed E-state index contributed by atoms with van der Waals surface area (Å²) in [5.74, 6) is -0.408. The molecule has 5 rings (SSSR count). The minimum absolute atomic E-state index is 0.0268. The van der Waals surface area contributed by atoms with Gasteiger partial charge in [0.25, 0.3) is 0 Å². The van der Waals surface area contributed by atoms with Gasteiger partial charge in [0.1, 0.15) is 11.9 Å². The fourth-order valence-corrected chi connectivity index (χ4v) is 5.46. The number of fused-ring (bicyclic) bond motifs is 1. The third-order valence-electron chi connectivity index (χ3n) is 7.23. The van der Waals surface area contributed by atoms with Gasteiger partial charge in [-0.05, 0) is 53.4 Å². The largest absolute Gasteiger partial charge is 0.573 e. The second-order valence-corrected chi connectivity index (χ2v) is 9.96. The molecule has 0 aliphatic carbocycles. The predicted octanol–water partition coefficient (Wildman–Crippen LogP) is 6.02. The van der Waals surface area contributed by atoms with Crippen molar-refractivity contribution < 1.29 is 40.6 Å². The number of benzene rings is 3. The first-order chi connectivity index (χ1) is 18.3. The molecule has 208 valence electrons. The summed E-state index contributed by atoms with van der Waals surface area (Å²) in [4.78, 5) is 3.29. The summed E-state index contributed by atoms with van der Waals surface area (Å²) < 4.78 is 96.3. The number of β-amino-alcohol motifs (C(OH)–C–C–N with tert-alkyl or cyclic N) is 1. The van der Waals surface area contributed by atoms with E-state index in [-0.39, 0.29) is 26.1 Å². The SMILES string of the molecule is O[C@H](CN1CC(Cc2cccc(OC(F)(F)F)c2)(c2cccc(N3CC(F)C3)c2)c2ccccc21)C(F)(F)F. The molecule has 2 aliphatic rings. The maximum atomic E-state index is 13.6. The van der Waals surface area contributed by atoms with Crippen LogP contribution in [0.1, 0.15) is 16.7 Å². The van der Waals surface area contributed by atoms with Gasteiger partial charge < -0.3 is 19.6 Å². The molecule has 2 aliphatic heterocycles. The van der Waals surface area contributed by atoms with Gasteiger partial charge in [-0.3, -0.25) is 0 Å². The van der Waals surface area contributed by atoms with Crippen molar-refractivity contribution in [3.63, 3.8) is 0 Å². The minimum Gasteiger partial charge on any atom is -0.406 e. The highest BCUT2D eigenvalue weighted by Crippen LogP contribution is 2.48. The molecule has 0 aromatic heterocycles. The molecular formula is C28H25F7N2O2. The van der Waals surface area contributed by atoms with Gasteiger partial charge in [0.15, 0.2) is 6.10 Å². The maximum absolute atomic E-state index is 13.6. The highest BCUT2D eigenvalue weighted by molar-refractivity contribution is 5.68. The van der Waals surface area contributed by atoms with Crippen molar-refractivity contribution in [2.75, 3.05) is 36.0 Å². The van der Waals surface area contributed by atoms with E-state index in [0.717, 1.165) is 5.69 Å². The third-order valence-corrected chi connectivity index (χ3v) is 7.23. The molecule has 0 amide bonds. The van der Waals surface area contributed by atoms with Crippen LogP contribution in [0.2, 0.25) is 0 Å². The number of alkyl halides is 7. The molecule has 3 aromatic rings. The van der Waals surface area contributed by atoms with Gasteiger partial charge in [-0.15, -0.1) is 13.2 Å². The number of anilines is 2. The molecule has 0 saturated carbocycles. The quantitative estimate of drug-likeness (QED) is 0.363.